The molecule has 0 radical (unpaired) electrons. The number of fused-ring (bicyclic) bond motifs is 1. The monoisotopic (exact) mass is 480 g/mol. The fourth-order valence-electron chi connectivity index (χ4n) is 4.78. The van der Waals surface area contributed by atoms with Crippen LogP contribution in [0.1, 0.15) is 61.8 Å². The molecule has 0 aliphatic heterocycles. The highest BCUT2D eigenvalue weighted by molar-refractivity contribution is 5.72. The van der Waals surface area contributed by atoms with Crippen molar-refractivity contribution in [2.24, 2.45) is 0 Å². The molecule has 0 spiro atoms. The zero-order valence-corrected chi connectivity index (χ0v) is 20.5. The van der Waals surface area contributed by atoms with Crippen molar-refractivity contribution in [3.05, 3.63) is 82.4 Å². The fraction of sp³-hybridized carbons (Fsp3) is 0.345. The molecule has 3 aromatic carbocycles. The summed E-state index contributed by atoms with van der Waals surface area (Å²) in [5, 5.41) is 9.19. The molecule has 4 rings (SSSR count). The second-order valence-electron chi connectivity index (χ2n) is 10.1. The molecule has 1 aliphatic rings. The molecule has 0 unspecified atom stereocenters. The topological polar surface area (TPSA) is 55.8 Å². The first-order valence-corrected chi connectivity index (χ1v) is 11.7. The van der Waals surface area contributed by atoms with E-state index in [-0.39, 0.29) is 30.1 Å². The Morgan fingerprint density at radius 2 is 1.77 bits per heavy atom. The van der Waals surface area contributed by atoms with Crippen LogP contribution in [-0.2, 0) is 23.2 Å². The number of methoxy groups -OCH3 is 1. The smallest absolute Gasteiger partial charge is 0.303 e. The van der Waals surface area contributed by atoms with E-state index < -0.39 is 23.0 Å². The molecule has 1 N–H and O–H groups in total. The summed E-state index contributed by atoms with van der Waals surface area (Å²) in [7, 11) is 1.49. The van der Waals surface area contributed by atoms with E-state index in [4.69, 9.17) is 9.47 Å². The van der Waals surface area contributed by atoms with Crippen molar-refractivity contribution in [3.8, 4) is 22.6 Å². The maximum absolute atomic E-state index is 15.5. The molecule has 0 amide bonds. The highest BCUT2D eigenvalue weighted by Crippen LogP contribution is 2.40. The van der Waals surface area contributed by atoms with Gasteiger partial charge in [-0.3, -0.25) is 4.79 Å². The Morgan fingerprint density at radius 1 is 1.03 bits per heavy atom. The third-order valence-corrected chi connectivity index (χ3v) is 6.55. The summed E-state index contributed by atoms with van der Waals surface area (Å²) in [6, 6.07) is 13.3. The number of rotatable bonds is 7. The number of aliphatic carboxylic acids is 1. The van der Waals surface area contributed by atoms with E-state index >= 15 is 4.39 Å². The molecule has 0 heterocycles. The molecule has 0 aromatic heterocycles. The van der Waals surface area contributed by atoms with Gasteiger partial charge in [0.25, 0.3) is 0 Å². The molecular formula is C29H30F2O4. The van der Waals surface area contributed by atoms with Crippen molar-refractivity contribution in [3.63, 3.8) is 0 Å². The predicted molar refractivity (Wildman–Crippen MR) is 131 cm³/mol. The maximum atomic E-state index is 15.5. The van der Waals surface area contributed by atoms with Gasteiger partial charge in [0, 0.05) is 11.1 Å². The molecular weight excluding hydrogens is 450 g/mol. The number of carboxylic acids is 1. The first-order valence-electron chi connectivity index (χ1n) is 11.7. The van der Waals surface area contributed by atoms with Gasteiger partial charge in [0.15, 0.2) is 0 Å². The second-order valence-corrected chi connectivity index (χ2v) is 10.1. The number of aryl methyl sites for hydroxylation is 1. The third kappa shape index (κ3) is 5.31. The number of carbonyl (C=O) groups is 1. The van der Waals surface area contributed by atoms with Gasteiger partial charge >= 0.3 is 5.97 Å². The van der Waals surface area contributed by atoms with Crippen molar-refractivity contribution >= 4 is 5.97 Å². The zero-order valence-electron chi connectivity index (χ0n) is 20.5. The standard InChI is InChI=1S/C29H30F2O4/c1-29(2,3)24-11-17(12-26(31)28(24)23-14-20(34-4)9-10-25(23)30)16-35-21-8-7-18-5-6-19(13-27(32)33)22(18)15-21/h7-12,14-15,19H,5-6,13,16H2,1-4H3,(H,32,33)/t19-/m1/s1. The summed E-state index contributed by atoms with van der Waals surface area (Å²) >= 11 is 0. The highest BCUT2D eigenvalue weighted by Gasteiger charge is 2.26. The van der Waals surface area contributed by atoms with Crippen LogP contribution in [-0.4, -0.2) is 18.2 Å². The van der Waals surface area contributed by atoms with Crippen LogP contribution in [0.2, 0.25) is 0 Å². The number of benzene rings is 3. The average molecular weight is 481 g/mol. The summed E-state index contributed by atoms with van der Waals surface area (Å²) < 4.78 is 41.5. The molecule has 0 fully saturated rings. The van der Waals surface area contributed by atoms with Crippen LogP contribution in [0.5, 0.6) is 11.5 Å². The van der Waals surface area contributed by atoms with Crippen molar-refractivity contribution in [1.82, 2.24) is 0 Å². The zero-order chi connectivity index (χ0) is 25.3. The number of hydrogen-bond donors (Lipinski definition) is 1. The summed E-state index contributed by atoms with van der Waals surface area (Å²) in [6.45, 7) is 5.99. The lowest BCUT2D eigenvalue weighted by atomic mass is 9.80. The lowest BCUT2D eigenvalue weighted by Gasteiger charge is -2.25. The Hall–Kier alpha value is -3.41. The van der Waals surface area contributed by atoms with Gasteiger partial charge in [-0.15, -0.1) is 0 Å². The van der Waals surface area contributed by atoms with Gasteiger partial charge in [-0.05, 0) is 82.8 Å². The van der Waals surface area contributed by atoms with Gasteiger partial charge in [0.1, 0.15) is 29.7 Å². The Bertz CT molecular complexity index is 1260. The van der Waals surface area contributed by atoms with Crippen molar-refractivity contribution in [2.75, 3.05) is 7.11 Å². The number of ether oxygens (including phenoxy) is 2. The van der Waals surface area contributed by atoms with Crippen molar-refractivity contribution < 1.29 is 28.2 Å². The van der Waals surface area contributed by atoms with E-state index in [0.717, 1.165) is 24.0 Å². The lowest BCUT2D eigenvalue weighted by molar-refractivity contribution is -0.137. The van der Waals surface area contributed by atoms with Crippen LogP contribution in [0.4, 0.5) is 8.78 Å². The van der Waals surface area contributed by atoms with Crippen LogP contribution in [0, 0.1) is 11.6 Å². The van der Waals surface area contributed by atoms with Gasteiger partial charge in [0.2, 0.25) is 0 Å². The largest absolute Gasteiger partial charge is 0.497 e. The third-order valence-electron chi connectivity index (χ3n) is 6.55. The van der Waals surface area contributed by atoms with E-state index in [1.165, 1.54) is 31.4 Å². The summed E-state index contributed by atoms with van der Waals surface area (Å²) in [4.78, 5) is 11.2. The first-order chi connectivity index (χ1) is 16.6. The molecule has 4 nitrogen and oxygen atoms in total. The Balaban J connectivity index is 1.64. The van der Waals surface area contributed by atoms with E-state index in [0.29, 0.717) is 22.6 Å². The van der Waals surface area contributed by atoms with Gasteiger partial charge < -0.3 is 14.6 Å². The molecule has 35 heavy (non-hydrogen) atoms. The summed E-state index contributed by atoms with van der Waals surface area (Å²) in [6.07, 6.45) is 1.77. The van der Waals surface area contributed by atoms with Crippen LogP contribution < -0.4 is 9.47 Å². The fourth-order valence-corrected chi connectivity index (χ4v) is 4.78. The van der Waals surface area contributed by atoms with E-state index in [2.05, 4.69) is 0 Å². The van der Waals surface area contributed by atoms with Crippen LogP contribution >= 0.6 is 0 Å². The Morgan fingerprint density at radius 3 is 2.46 bits per heavy atom. The van der Waals surface area contributed by atoms with Crippen LogP contribution in [0.25, 0.3) is 11.1 Å². The molecule has 184 valence electrons. The van der Waals surface area contributed by atoms with Gasteiger partial charge in [-0.25, -0.2) is 8.78 Å². The minimum atomic E-state index is -0.813. The van der Waals surface area contributed by atoms with Crippen molar-refractivity contribution in [2.45, 2.75) is 58.0 Å². The molecule has 1 atom stereocenters. The normalized spacial score (nSPS) is 15.1. The Labute approximate surface area is 204 Å². The molecule has 6 heteroatoms. The maximum Gasteiger partial charge on any atom is 0.303 e. The van der Waals surface area contributed by atoms with Crippen molar-refractivity contribution in [1.29, 1.82) is 0 Å². The summed E-state index contributed by atoms with van der Waals surface area (Å²) in [5.41, 5.74) is 3.36. The van der Waals surface area contributed by atoms with E-state index in [1.807, 2.05) is 45.0 Å². The quantitative estimate of drug-likeness (QED) is 0.395. The number of carboxylic acid groups (broad SMARTS) is 1. The minimum absolute atomic E-state index is 0.0203. The molecule has 0 bridgehead atoms. The van der Waals surface area contributed by atoms with Crippen LogP contribution in [0.15, 0.2) is 48.5 Å². The molecule has 1 aliphatic carbocycles. The van der Waals surface area contributed by atoms with Gasteiger partial charge in [0.05, 0.1) is 13.5 Å². The van der Waals surface area contributed by atoms with E-state index in [1.54, 1.807) is 0 Å². The average Bonchev–Trinajstić information content (AvgIpc) is 3.18. The molecule has 3 aromatic rings. The van der Waals surface area contributed by atoms with Gasteiger partial charge in [-0.2, -0.15) is 0 Å². The lowest BCUT2D eigenvalue weighted by Crippen LogP contribution is -2.15. The van der Waals surface area contributed by atoms with Crippen LogP contribution in [0.3, 0.4) is 0 Å². The SMILES string of the molecule is COc1ccc(F)c(-c2c(F)cc(COc3ccc4c(c3)[C@@H](CC(=O)O)CC4)cc2C(C)(C)C)c1. The number of halogens is 2. The predicted octanol–water partition coefficient (Wildman–Crippen LogP) is 7.02. The molecule has 0 saturated carbocycles. The minimum Gasteiger partial charge on any atom is -0.497 e. The van der Waals surface area contributed by atoms with E-state index in [9.17, 15) is 14.3 Å². The first kappa shape index (κ1) is 24.7. The number of hydrogen-bond acceptors (Lipinski definition) is 3. The van der Waals surface area contributed by atoms with Gasteiger partial charge in [-0.1, -0.05) is 32.9 Å². The molecule has 0 saturated heterocycles. The Kier molecular flexibility index (Phi) is 6.84. The second kappa shape index (κ2) is 9.68. The summed E-state index contributed by atoms with van der Waals surface area (Å²) in [5.74, 6) is -0.820. The highest BCUT2D eigenvalue weighted by atomic mass is 19.1.